The minimum absolute atomic E-state index is 0.0713. The highest BCUT2D eigenvalue weighted by molar-refractivity contribution is 9.12. The molecule has 1 unspecified atom stereocenters. The average molecular weight is 605 g/mol. The van der Waals surface area contributed by atoms with Crippen molar-refractivity contribution in [2.75, 3.05) is 33.9 Å². The van der Waals surface area contributed by atoms with Crippen molar-refractivity contribution in [2.24, 2.45) is 5.16 Å². The summed E-state index contributed by atoms with van der Waals surface area (Å²) in [5.41, 5.74) is 0.619. The number of amides is 1. The van der Waals surface area contributed by atoms with Crippen LogP contribution in [0.3, 0.4) is 0 Å². The predicted octanol–water partition coefficient (Wildman–Crippen LogP) is 2.18. The van der Waals surface area contributed by atoms with E-state index in [4.69, 9.17) is 19.0 Å². The molecule has 0 aliphatic carbocycles. The number of methoxy groups -OCH3 is 1. The molecule has 0 saturated carbocycles. The van der Waals surface area contributed by atoms with Crippen molar-refractivity contribution in [3.8, 4) is 5.75 Å². The minimum atomic E-state index is -1.58. The van der Waals surface area contributed by atoms with Crippen LogP contribution >= 0.6 is 31.9 Å². The molecule has 4 N–H and O–H groups in total. The maximum atomic E-state index is 12.5. The molecule has 3 atom stereocenters. The molecule has 2 heterocycles. The summed E-state index contributed by atoms with van der Waals surface area (Å²) >= 11 is 6.73. The standard InChI is InChI=1S/C22H27Br2N3O7/c1-25-11-17(28)13-4-6-14(7-5-13)32-9-3-8-26-21(30)18-20(29)22(34-27-18)10-15(23)19(31-2)16(24)12-33-22/h4-7,12,17,20,25,28-29H,3,8-11H2,1-2H3,(H,26,30)/t17?,20-,22-/m0/s1. The summed E-state index contributed by atoms with van der Waals surface area (Å²) in [6, 6.07) is 7.19. The highest BCUT2D eigenvalue weighted by Crippen LogP contribution is 2.41. The van der Waals surface area contributed by atoms with Crippen LogP contribution in [0.2, 0.25) is 0 Å². The van der Waals surface area contributed by atoms with Crippen molar-refractivity contribution >= 4 is 43.5 Å². The van der Waals surface area contributed by atoms with E-state index in [0.29, 0.717) is 46.6 Å². The molecular formula is C22H27Br2N3O7. The molecule has 2 aliphatic heterocycles. The number of benzene rings is 1. The van der Waals surface area contributed by atoms with E-state index >= 15 is 0 Å². The first-order valence-electron chi connectivity index (χ1n) is 10.6. The molecule has 186 valence electrons. The zero-order chi connectivity index (χ0) is 24.7. The number of halogens is 2. The predicted molar refractivity (Wildman–Crippen MR) is 131 cm³/mol. The number of oxime groups is 1. The van der Waals surface area contributed by atoms with Crippen LogP contribution in [0.1, 0.15) is 24.5 Å². The second kappa shape index (κ2) is 12.0. The third kappa shape index (κ3) is 6.11. The van der Waals surface area contributed by atoms with Crippen molar-refractivity contribution in [3.63, 3.8) is 0 Å². The van der Waals surface area contributed by atoms with E-state index in [9.17, 15) is 15.0 Å². The Morgan fingerprint density at radius 3 is 2.76 bits per heavy atom. The van der Waals surface area contributed by atoms with Crippen LogP contribution in [0.4, 0.5) is 0 Å². The van der Waals surface area contributed by atoms with Crippen molar-refractivity contribution in [1.29, 1.82) is 0 Å². The van der Waals surface area contributed by atoms with Crippen LogP contribution < -0.4 is 15.4 Å². The highest BCUT2D eigenvalue weighted by atomic mass is 79.9. The molecule has 1 aromatic carbocycles. The van der Waals surface area contributed by atoms with Gasteiger partial charge in [-0.1, -0.05) is 33.2 Å². The van der Waals surface area contributed by atoms with Gasteiger partial charge in [-0.15, -0.1) is 0 Å². The van der Waals surface area contributed by atoms with Gasteiger partial charge in [0.25, 0.3) is 5.91 Å². The second-order valence-corrected chi connectivity index (χ2v) is 9.39. The van der Waals surface area contributed by atoms with E-state index < -0.39 is 23.9 Å². The summed E-state index contributed by atoms with van der Waals surface area (Å²) in [7, 11) is 3.28. The van der Waals surface area contributed by atoms with Crippen LogP contribution in [0.5, 0.6) is 5.75 Å². The summed E-state index contributed by atoms with van der Waals surface area (Å²) in [6.07, 6.45) is -0.0601. The molecular weight excluding hydrogens is 578 g/mol. The SMILES string of the molecule is CNCC(O)c1ccc(OCCCNC(=O)C2=NO[C@@]3(CC(Br)=C(OC)C(Br)=CO3)[C@H]2O)cc1. The van der Waals surface area contributed by atoms with E-state index in [1.165, 1.54) is 13.4 Å². The number of aliphatic hydroxyl groups is 2. The van der Waals surface area contributed by atoms with E-state index in [2.05, 4.69) is 47.6 Å². The lowest BCUT2D eigenvalue weighted by Crippen LogP contribution is -2.49. The van der Waals surface area contributed by atoms with Crippen molar-refractivity contribution in [2.45, 2.75) is 30.8 Å². The molecule has 12 heteroatoms. The lowest BCUT2D eigenvalue weighted by Gasteiger charge is -2.27. The Morgan fingerprint density at radius 1 is 1.35 bits per heavy atom. The van der Waals surface area contributed by atoms with Gasteiger partial charge in [0.05, 0.1) is 30.7 Å². The first kappa shape index (κ1) is 26.5. The zero-order valence-corrected chi connectivity index (χ0v) is 21.9. The minimum Gasteiger partial charge on any atom is -0.495 e. The largest absolute Gasteiger partial charge is 0.495 e. The summed E-state index contributed by atoms with van der Waals surface area (Å²) in [6.45, 7) is 1.14. The summed E-state index contributed by atoms with van der Waals surface area (Å²) in [5.74, 6) is -0.998. The van der Waals surface area contributed by atoms with Crippen LogP contribution in [0.15, 0.2) is 50.4 Å². The molecule has 0 aromatic heterocycles. The molecule has 0 saturated heterocycles. The third-order valence-corrected chi connectivity index (χ3v) is 6.36. The van der Waals surface area contributed by atoms with Crippen LogP contribution in [-0.2, 0) is 19.1 Å². The van der Waals surface area contributed by atoms with Gasteiger partial charge in [0.15, 0.2) is 11.8 Å². The Kier molecular flexibility index (Phi) is 9.37. The lowest BCUT2D eigenvalue weighted by molar-refractivity contribution is -0.225. The maximum Gasteiger partial charge on any atom is 0.311 e. The smallest absolute Gasteiger partial charge is 0.311 e. The molecule has 10 nitrogen and oxygen atoms in total. The molecule has 0 bridgehead atoms. The van der Waals surface area contributed by atoms with Crippen molar-refractivity contribution < 1.29 is 34.1 Å². The number of carbonyl (C=O) groups excluding carboxylic acids is 1. The number of aliphatic hydroxyl groups excluding tert-OH is 2. The van der Waals surface area contributed by atoms with Gasteiger partial charge in [-0.25, -0.2) is 0 Å². The number of carbonyl (C=O) groups is 1. The molecule has 34 heavy (non-hydrogen) atoms. The Labute approximate surface area is 214 Å². The molecule has 1 aromatic rings. The van der Waals surface area contributed by atoms with Gasteiger partial charge in [-0.2, -0.15) is 0 Å². The Morgan fingerprint density at radius 2 is 2.09 bits per heavy atom. The molecule has 1 amide bonds. The number of likely N-dealkylation sites (N-methyl/N-ethyl adjacent to an activating group) is 1. The van der Waals surface area contributed by atoms with Gasteiger partial charge in [0.2, 0.25) is 0 Å². The normalized spacial score (nSPS) is 22.8. The molecule has 3 rings (SSSR count). The Hall–Kier alpha value is -2.12. The van der Waals surface area contributed by atoms with Gasteiger partial charge in [0.1, 0.15) is 17.8 Å². The quantitative estimate of drug-likeness (QED) is 0.299. The number of hydrogen-bond acceptors (Lipinski definition) is 9. The number of nitrogens with one attached hydrogen (secondary N) is 2. The van der Waals surface area contributed by atoms with Crippen molar-refractivity contribution in [1.82, 2.24) is 10.6 Å². The fraction of sp³-hybridized carbons (Fsp3) is 0.455. The summed E-state index contributed by atoms with van der Waals surface area (Å²) in [5, 5.41) is 30.1. The lowest BCUT2D eigenvalue weighted by atomic mass is 10.0. The van der Waals surface area contributed by atoms with Gasteiger partial charge in [0, 0.05) is 17.6 Å². The first-order valence-corrected chi connectivity index (χ1v) is 12.1. The van der Waals surface area contributed by atoms with Crippen LogP contribution in [0, 0.1) is 0 Å². The number of hydrogen-bond donors (Lipinski definition) is 4. The number of rotatable bonds is 10. The number of nitrogens with zero attached hydrogens (tertiary/aromatic N) is 1. The van der Waals surface area contributed by atoms with Crippen LogP contribution in [0.25, 0.3) is 0 Å². The first-order chi connectivity index (χ1) is 16.3. The second-order valence-electron chi connectivity index (χ2n) is 7.58. The molecule has 0 fully saturated rings. The summed E-state index contributed by atoms with van der Waals surface area (Å²) in [4.78, 5) is 17.9. The fourth-order valence-electron chi connectivity index (χ4n) is 3.35. The zero-order valence-electron chi connectivity index (χ0n) is 18.7. The topological polar surface area (TPSA) is 131 Å². The number of allylic oxidation sites excluding steroid dienone is 1. The highest BCUT2D eigenvalue weighted by Gasteiger charge is 2.54. The Balaban J connectivity index is 1.45. The molecule has 2 aliphatic rings. The molecule has 1 spiro atoms. The molecule has 0 radical (unpaired) electrons. The van der Waals surface area contributed by atoms with E-state index in [1.807, 2.05) is 0 Å². The maximum absolute atomic E-state index is 12.5. The average Bonchev–Trinajstić information content (AvgIpc) is 3.07. The van der Waals surface area contributed by atoms with Gasteiger partial charge >= 0.3 is 5.79 Å². The van der Waals surface area contributed by atoms with Crippen molar-refractivity contribution in [3.05, 3.63) is 50.8 Å². The van der Waals surface area contributed by atoms with Gasteiger partial charge in [-0.05, 0) is 47.1 Å². The Bertz CT molecular complexity index is 968. The van der Waals surface area contributed by atoms with Gasteiger partial charge < -0.3 is 39.9 Å². The monoisotopic (exact) mass is 603 g/mol. The number of ether oxygens (including phenoxy) is 3. The van der Waals surface area contributed by atoms with E-state index in [1.54, 1.807) is 31.3 Å². The third-order valence-electron chi connectivity index (χ3n) is 5.18. The van der Waals surface area contributed by atoms with Crippen LogP contribution in [-0.4, -0.2) is 67.6 Å². The summed E-state index contributed by atoms with van der Waals surface area (Å²) < 4.78 is 17.7. The fourth-order valence-corrected chi connectivity index (χ4v) is 4.88. The van der Waals surface area contributed by atoms with E-state index in [0.717, 1.165) is 5.56 Å². The van der Waals surface area contributed by atoms with Gasteiger partial charge in [-0.3, -0.25) is 4.79 Å². The van der Waals surface area contributed by atoms with E-state index in [-0.39, 0.29) is 12.1 Å².